The van der Waals surface area contributed by atoms with Gasteiger partial charge in [0.15, 0.2) is 0 Å². The standard InChI is InChI=1S/C18H19F3N4O/c19-18(20,21)17-23-14-4-2-1-3-13(14)15(24-17)25-9-7-11(8-10-25)16(26)22-12-5-6-12/h1-4,11-12H,5-10H2,(H,22,26). The van der Waals surface area contributed by atoms with E-state index in [-0.39, 0.29) is 17.3 Å². The number of rotatable bonds is 3. The van der Waals surface area contributed by atoms with Crippen molar-refractivity contribution in [1.82, 2.24) is 15.3 Å². The van der Waals surface area contributed by atoms with Crippen molar-refractivity contribution in [2.24, 2.45) is 5.92 Å². The van der Waals surface area contributed by atoms with E-state index in [4.69, 9.17) is 0 Å². The number of halogens is 3. The summed E-state index contributed by atoms with van der Waals surface area (Å²) in [6.07, 6.45) is -1.30. The highest BCUT2D eigenvalue weighted by molar-refractivity contribution is 5.89. The molecule has 0 bridgehead atoms. The highest BCUT2D eigenvalue weighted by Crippen LogP contribution is 2.33. The van der Waals surface area contributed by atoms with Crippen LogP contribution in [0.1, 0.15) is 31.5 Å². The van der Waals surface area contributed by atoms with E-state index in [9.17, 15) is 18.0 Å². The highest BCUT2D eigenvalue weighted by atomic mass is 19.4. The molecular weight excluding hydrogens is 345 g/mol. The summed E-state index contributed by atoms with van der Waals surface area (Å²) in [7, 11) is 0. The molecule has 1 aliphatic heterocycles. The Labute approximate surface area is 148 Å². The van der Waals surface area contributed by atoms with Crippen molar-refractivity contribution < 1.29 is 18.0 Å². The zero-order valence-corrected chi connectivity index (χ0v) is 14.1. The molecule has 1 saturated heterocycles. The van der Waals surface area contributed by atoms with Gasteiger partial charge in [-0.1, -0.05) is 12.1 Å². The summed E-state index contributed by atoms with van der Waals surface area (Å²) in [4.78, 5) is 21.5. The number of fused-ring (bicyclic) bond motifs is 1. The lowest BCUT2D eigenvalue weighted by atomic mass is 9.95. The van der Waals surface area contributed by atoms with Crippen molar-refractivity contribution in [3.63, 3.8) is 0 Å². The minimum Gasteiger partial charge on any atom is -0.356 e. The van der Waals surface area contributed by atoms with E-state index in [0.717, 1.165) is 12.8 Å². The average molecular weight is 364 g/mol. The largest absolute Gasteiger partial charge is 0.451 e. The Morgan fingerprint density at radius 1 is 1.08 bits per heavy atom. The number of nitrogens with zero attached hydrogens (tertiary/aromatic N) is 3. The highest BCUT2D eigenvalue weighted by Gasteiger charge is 2.37. The number of benzene rings is 1. The molecule has 1 aliphatic carbocycles. The first-order valence-electron chi connectivity index (χ1n) is 8.81. The van der Waals surface area contributed by atoms with Gasteiger partial charge in [0, 0.05) is 30.4 Å². The van der Waals surface area contributed by atoms with Crippen LogP contribution in [0.15, 0.2) is 24.3 Å². The molecule has 8 heteroatoms. The number of piperidine rings is 1. The number of alkyl halides is 3. The van der Waals surface area contributed by atoms with E-state index in [1.165, 1.54) is 0 Å². The Bertz CT molecular complexity index is 827. The summed E-state index contributed by atoms with van der Waals surface area (Å²) in [6, 6.07) is 7.04. The third-order valence-electron chi connectivity index (χ3n) is 4.93. The summed E-state index contributed by atoms with van der Waals surface area (Å²) in [5.74, 6) is -0.846. The Morgan fingerprint density at radius 2 is 1.77 bits per heavy atom. The van der Waals surface area contributed by atoms with Crippen LogP contribution >= 0.6 is 0 Å². The number of hydrogen-bond acceptors (Lipinski definition) is 4. The lowest BCUT2D eigenvalue weighted by molar-refractivity contribution is -0.144. The number of anilines is 1. The smallest absolute Gasteiger partial charge is 0.356 e. The van der Waals surface area contributed by atoms with E-state index < -0.39 is 12.0 Å². The van der Waals surface area contributed by atoms with Crippen LogP contribution in [0.4, 0.5) is 19.0 Å². The molecule has 5 nitrogen and oxygen atoms in total. The van der Waals surface area contributed by atoms with E-state index in [2.05, 4.69) is 15.3 Å². The lowest BCUT2D eigenvalue weighted by Gasteiger charge is -2.33. The van der Waals surface area contributed by atoms with Crippen LogP contribution in [0.5, 0.6) is 0 Å². The van der Waals surface area contributed by atoms with Crippen LogP contribution in [0.3, 0.4) is 0 Å². The van der Waals surface area contributed by atoms with Gasteiger partial charge in [0.25, 0.3) is 0 Å². The third-order valence-corrected chi connectivity index (χ3v) is 4.93. The summed E-state index contributed by atoms with van der Waals surface area (Å²) in [5, 5.41) is 3.60. The van der Waals surface area contributed by atoms with E-state index >= 15 is 0 Å². The van der Waals surface area contributed by atoms with Crippen LogP contribution in [0.25, 0.3) is 10.9 Å². The molecule has 138 valence electrons. The SMILES string of the molecule is O=C(NC1CC1)C1CCN(c2nc(C(F)(F)F)nc3ccccc23)CC1. The number of hydrogen-bond donors (Lipinski definition) is 1. The van der Waals surface area contributed by atoms with E-state index in [1.54, 1.807) is 24.3 Å². The number of aromatic nitrogens is 2. The predicted molar refractivity (Wildman–Crippen MR) is 90.6 cm³/mol. The first-order valence-corrected chi connectivity index (χ1v) is 8.81. The number of para-hydroxylation sites is 1. The molecule has 1 aromatic carbocycles. The van der Waals surface area contributed by atoms with E-state index in [0.29, 0.717) is 43.2 Å². The second-order valence-corrected chi connectivity index (χ2v) is 6.93. The topological polar surface area (TPSA) is 58.1 Å². The van der Waals surface area contributed by atoms with Gasteiger partial charge in [0.2, 0.25) is 11.7 Å². The molecule has 0 radical (unpaired) electrons. The Hall–Kier alpha value is -2.38. The first-order chi connectivity index (χ1) is 12.4. The second kappa shape index (κ2) is 6.41. The monoisotopic (exact) mass is 364 g/mol. The maximum atomic E-state index is 13.2. The fraction of sp³-hybridized carbons (Fsp3) is 0.500. The molecule has 2 aromatic rings. The zero-order chi connectivity index (χ0) is 18.3. The summed E-state index contributed by atoms with van der Waals surface area (Å²) in [5.41, 5.74) is 0.276. The minimum absolute atomic E-state index is 0.0654. The van der Waals surface area contributed by atoms with Crippen LogP contribution < -0.4 is 10.2 Å². The van der Waals surface area contributed by atoms with Gasteiger partial charge in [-0.25, -0.2) is 9.97 Å². The van der Waals surface area contributed by atoms with Crippen molar-refractivity contribution >= 4 is 22.6 Å². The summed E-state index contributed by atoms with van der Waals surface area (Å²) < 4.78 is 39.5. The third kappa shape index (κ3) is 3.45. The molecule has 1 N–H and O–H groups in total. The molecule has 0 unspecified atom stereocenters. The molecule has 2 aliphatic rings. The van der Waals surface area contributed by atoms with Crippen LogP contribution in [-0.4, -0.2) is 35.0 Å². The molecule has 1 aromatic heterocycles. The molecule has 2 heterocycles. The van der Waals surface area contributed by atoms with Gasteiger partial charge in [0.05, 0.1) is 5.52 Å². The zero-order valence-electron chi connectivity index (χ0n) is 14.1. The van der Waals surface area contributed by atoms with Gasteiger partial charge in [-0.05, 0) is 37.8 Å². The lowest BCUT2D eigenvalue weighted by Crippen LogP contribution is -2.41. The van der Waals surface area contributed by atoms with Gasteiger partial charge in [-0.3, -0.25) is 4.79 Å². The quantitative estimate of drug-likeness (QED) is 0.909. The molecule has 0 atom stereocenters. The van der Waals surface area contributed by atoms with Crippen LogP contribution in [0.2, 0.25) is 0 Å². The fourth-order valence-corrected chi connectivity index (χ4v) is 3.33. The Balaban J connectivity index is 1.57. The van der Waals surface area contributed by atoms with Gasteiger partial charge >= 0.3 is 6.18 Å². The Kier molecular flexibility index (Phi) is 4.20. The van der Waals surface area contributed by atoms with Crippen molar-refractivity contribution in [1.29, 1.82) is 0 Å². The van der Waals surface area contributed by atoms with Crippen LogP contribution in [0, 0.1) is 5.92 Å². The second-order valence-electron chi connectivity index (χ2n) is 6.93. The minimum atomic E-state index is -4.60. The van der Waals surface area contributed by atoms with Crippen molar-refractivity contribution in [2.75, 3.05) is 18.0 Å². The van der Waals surface area contributed by atoms with Crippen molar-refractivity contribution in [3.8, 4) is 0 Å². The van der Waals surface area contributed by atoms with Crippen molar-refractivity contribution in [3.05, 3.63) is 30.1 Å². The van der Waals surface area contributed by atoms with E-state index in [1.807, 2.05) is 4.90 Å². The maximum Gasteiger partial charge on any atom is 0.451 e. The molecule has 1 amide bonds. The maximum absolute atomic E-state index is 13.2. The molecule has 2 fully saturated rings. The molecule has 26 heavy (non-hydrogen) atoms. The molecule has 4 rings (SSSR count). The molecular formula is C18H19F3N4O. The molecule has 1 saturated carbocycles. The molecule has 0 spiro atoms. The van der Waals surface area contributed by atoms with Gasteiger partial charge in [-0.15, -0.1) is 0 Å². The van der Waals surface area contributed by atoms with Gasteiger partial charge in [0.1, 0.15) is 5.82 Å². The normalized spacial score (nSPS) is 19.0. The predicted octanol–water partition coefficient (Wildman–Crippen LogP) is 3.14. The van der Waals surface area contributed by atoms with Gasteiger partial charge in [-0.2, -0.15) is 13.2 Å². The Morgan fingerprint density at radius 3 is 2.42 bits per heavy atom. The first kappa shape index (κ1) is 17.1. The van der Waals surface area contributed by atoms with Crippen molar-refractivity contribution in [2.45, 2.75) is 37.9 Å². The average Bonchev–Trinajstić information content (AvgIpc) is 3.44. The van der Waals surface area contributed by atoms with Gasteiger partial charge < -0.3 is 10.2 Å². The number of amides is 1. The number of carbonyl (C=O) groups excluding carboxylic acids is 1. The summed E-state index contributed by atoms with van der Waals surface area (Å²) in [6.45, 7) is 1.00. The van der Waals surface area contributed by atoms with Crippen LogP contribution in [-0.2, 0) is 11.0 Å². The number of nitrogens with one attached hydrogen (secondary N) is 1. The summed E-state index contributed by atoms with van der Waals surface area (Å²) >= 11 is 0. The fourth-order valence-electron chi connectivity index (χ4n) is 3.33. The number of carbonyl (C=O) groups is 1.